The predicted molar refractivity (Wildman–Crippen MR) is 79.2 cm³/mol. The van der Waals surface area contributed by atoms with Crippen LogP contribution in [0.5, 0.6) is 0 Å². The molecule has 0 amide bonds. The average molecular weight is 261 g/mol. The molecular formula is C14H23N5. The Morgan fingerprint density at radius 1 is 1.32 bits per heavy atom. The Morgan fingerprint density at radius 3 is 2.84 bits per heavy atom. The summed E-state index contributed by atoms with van der Waals surface area (Å²) < 4.78 is 1.89. The number of imidazole rings is 1. The molecule has 0 saturated heterocycles. The molecule has 0 radical (unpaired) electrons. The summed E-state index contributed by atoms with van der Waals surface area (Å²) in [5.41, 5.74) is 6.62. The molecule has 0 spiro atoms. The zero-order chi connectivity index (χ0) is 13.8. The molecule has 0 aliphatic heterocycles. The number of rotatable bonds is 6. The third-order valence-corrected chi connectivity index (χ3v) is 3.19. The van der Waals surface area contributed by atoms with Gasteiger partial charge in [0.25, 0.3) is 0 Å². The second-order valence-corrected chi connectivity index (χ2v) is 5.54. The molecule has 0 aromatic carbocycles. The Kier molecular flexibility index (Phi) is 4.24. The molecule has 3 N–H and O–H groups in total. The normalized spacial score (nSPS) is 13.1. The SMILES string of the molecule is CC(C)CCCC(C)Nc1nc(N)cn2ccnc12. The summed E-state index contributed by atoms with van der Waals surface area (Å²) in [6.07, 6.45) is 9.01. The molecule has 1 unspecified atom stereocenters. The van der Waals surface area contributed by atoms with Crippen LogP contribution in [0.25, 0.3) is 5.65 Å². The Morgan fingerprint density at radius 2 is 2.11 bits per heavy atom. The first kappa shape index (κ1) is 13.6. The maximum atomic E-state index is 5.80. The maximum absolute atomic E-state index is 5.80. The number of nitrogen functional groups attached to an aromatic ring is 1. The van der Waals surface area contributed by atoms with Crippen LogP contribution in [-0.2, 0) is 0 Å². The molecule has 2 aromatic heterocycles. The molecule has 0 fully saturated rings. The fraction of sp³-hybridized carbons (Fsp3) is 0.571. The number of nitrogens with two attached hydrogens (primary N) is 1. The standard InChI is InChI=1S/C14H23N5/c1-10(2)5-4-6-11(3)17-13-14-16-7-8-19(14)9-12(15)18-13/h7-11H,4-6,15H2,1-3H3,(H,17,18). The molecule has 1 atom stereocenters. The van der Waals surface area contributed by atoms with Gasteiger partial charge in [0.05, 0.1) is 6.20 Å². The van der Waals surface area contributed by atoms with E-state index in [-0.39, 0.29) is 0 Å². The van der Waals surface area contributed by atoms with Gasteiger partial charge in [-0.05, 0) is 19.3 Å². The van der Waals surface area contributed by atoms with E-state index in [0.29, 0.717) is 11.9 Å². The summed E-state index contributed by atoms with van der Waals surface area (Å²) in [6, 6.07) is 0.369. The number of aromatic nitrogens is 3. The summed E-state index contributed by atoms with van der Waals surface area (Å²) in [5, 5.41) is 3.41. The van der Waals surface area contributed by atoms with Gasteiger partial charge in [0.2, 0.25) is 0 Å². The molecule has 0 aliphatic carbocycles. The van der Waals surface area contributed by atoms with E-state index in [2.05, 4.69) is 36.1 Å². The van der Waals surface area contributed by atoms with E-state index in [4.69, 9.17) is 5.73 Å². The van der Waals surface area contributed by atoms with Crippen molar-refractivity contribution in [1.29, 1.82) is 0 Å². The Bertz CT molecular complexity index is 532. The zero-order valence-electron chi connectivity index (χ0n) is 11.9. The number of hydrogen-bond acceptors (Lipinski definition) is 4. The number of nitrogens with one attached hydrogen (secondary N) is 1. The maximum Gasteiger partial charge on any atom is 0.180 e. The molecule has 2 aromatic rings. The number of hydrogen-bond donors (Lipinski definition) is 2. The van der Waals surface area contributed by atoms with Crippen LogP contribution in [0.2, 0.25) is 0 Å². The van der Waals surface area contributed by atoms with Gasteiger partial charge >= 0.3 is 0 Å². The van der Waals surface area contributed by atoms with Gasteiger partial charge in [0.1, 0.15) is 5.82 Å². The van der Waals surface area contributed by atoms with E-state index in [1.807, 2.05) is 10.6 Å². The van der Waals surface area contributed by atoms with Gasteiger partial charge in [-0.2, -0.15) is 0 Å². The van der Waals surface area contributed by atoms with Crippen molar-refractivity contribution in [1.82, 2.24) is 14.4 Å². The smallest absolute Gasteiger partial charge is 0.180 e. The molecular weight excluding hydrogens is 238 g/mol. The fourth-order valence-corrected chi connectivity index (χ4v) is 2.19. The quantitative estimate of drug-likeness (QED) is 0.839. The lowest BCUT2D eigenvalue weighted by Crippen LogP contribution is -2.17. The van der Waals surface area contributed by atoms with Crippen molar-refractivity contribution in [2.45, 2.75) is 46.1 Å². The summed E-state index contributed by atoms with van der Waals surface area (Å²) in [4.78, 5) is 8.64. The molecule has 2 rings (SSSR count). The second kappa shape index (κ2) is 5.91. The van der Waals surface area contributed by atoms with Crippen molar-refractivity contribution in [2.24, 2.45) is 5.92 Å². The lowest BCUT2D eigenvalue weighted by Gasteiger charge is -2.15. The van der Waals surface area contributed by atoms with Crippen molar-refractivity contribution < 1.29 is 0 Å². The average Bonchev–Trinajstić information content (AvgIpc) is 2.76. The Hall–Kier alpha value is -1.78. The van der Waals surface area contributed by atoms with Gasteiger partial charge in [-0.15, -0.1) is 0 Å². The zero-order valence-corrected chi connectivity index (χ0v) is 11.9. The van der Waals surface area contributed by atoms with E-state index in [1.165, 1.54) is 12.8 Å². The molecule has 5 nitrogen and oxygen atoms in total. The summed E-state index contributed by atoms with van der Waals surface area (Å²) >= 11 is 0. The van der Waals surface area contributed by atoms with Crippen molar-refractivity contribution in [2.75, 3.05) is 11.1 Å². The van der Waals surface area contributed by atoms with Gasteiger partial charge in [-0.25, -0.2) is 9.97 Å². The minimum atomic E-state index is 0.369. The topological polar surface area (TPSA) is 68.2 Å². The van der Waals surface area contributed by atoms with Gasteiger partial charge in [-0.1, -0.05) is 26.7 Å². The molecule has 5 heteroatoms. The largest absolute Gasteiger partial charge is 0.382 e. The van der Waals surface area contributed by atoms with E-state index in [9.17, 15) is 0 Å². The van der Waals surface area contributed by atoms with Crippen molar-refractivity contribution in [3.05, 3.63) is 18.6 Å². The highest BCUT2D eigenvalue weighted by Gasteiger charge is 2.09. The second-order valence-electron chi connectivity index (χ2n) is 5.54. The van der Waals surface area contributed by atoms with Crippen molar-refractivity contribution in [3.8, 4) is 0 Å². The lowest BCUT2D eigenvalue weighted by molar-refractivity contribution is 0.520. The highest BCUT2D eigenvalue weighted by molar-refractivity contribution is 5.65. The number of anilines is 2. The van der Waals surface area contributed by atoms with Crippen LogP contribution in [-0.4, -0.2) is 20.4 Å². The van der Waals surface area contributed by atoms with Crippen LogP contribution in [0.4, 0.5) is 11.6 Å². The third kappa shape index (κ3) is 3.59. The summed E-state index contributed by atoms with van der Waals surface area (Å²) in [7, 11) is 0. The van der Waals surface area contributed by atoms with Gasteiger partial charge in [0, 0.05) is 18.4 Å². The first-order valence-corrected chi connectivity index (χ1v) is 6.92. The molecule has 0 bridgehead atoms. The highest BCUT2D eigenvalue weighted by atomic mass is 15.1. The molecule has 19 heavy (non-hydrogen) atoms. The van der Waals surface area contributed by atoms with Crippen LogP contribution < -0.4 is 11.1 Å². The Labute approximate surface area is 114 Å². The highest BCUT2D eigenvalue weighted by Crippen LogP contribution is 2.17. The van der Waals surface area contributed by atoms with E-state index in [1.54, 1.807) is 12.4 Å². The van der Waals surface area contributed by atoms with Crippen LogP contribution in [0.1, 0.15) is 40.0 Å². The van der Waals surface area contributed by atoms with Gasteiger partial charge in [0.15, 0.2) is 11.5 Å². The third-order valence-electron chi connectivity index (χ3n) is 3.19. The first-order valence-electron chi connectivity index (χ1n) is 6.92. The fourth-order valence-electron chi connectivity index (χ4n) is 2.19. The minimum absolute atomic E-state index is 0.369. The van der Waals surface area contributed by atoms with Gasteiger partial charge in [-0.3, -0.25) is 0 Å². The molecule has 104 valence electrons. The van der Waals surface area contributed by atoms with Crippen molar-refractivity contribution in [3.63, 3.8) is 0 Å². The lowest BCUT2D eigenvalue weighted by atomic mass is 10.0. The van der Waals surface area contributed by atoms with E-state index < -0.39 is 0 Å². The van der Waals surface area contributed by atoms with Crippen LogP contribution in [0, 0.1) is 5.92 Å². The number of fused-ring (bicyclic) bond motifs is 1. The van der Waals surface area contributed by atoms with E-state index >= 15 is 0 Å². The molecule has 0 saturated carbocycles. The first-order chi connectivity index (χ1) is 9.06. The Balaban J connectivity index is 2.02. The van der Waals surface area contributed by atoms with Crippen LogP contribution >= 0.6 is 0 Å². The van der Waals surface area contributed by atoms with Crippen LogP contribution in [0.15, 0.2) is 18.6 Å². The molecule has 2 heterocycles. The number of nitrogens with zero attached hydrogens (tertiary/aromatic N) is 3. The minimum Gasteiger partial charge on any atom is -0.382 e. The van der Waals surface area contributed by atoms with Crippen molar-refractivity contribution >= 4 is 17.3 Å². The summed E-state index contributed by atoms with van der Waals surface area (Å²) in [5.74, 6) is 2.03. The summed E-state index contributed by atoms with van der Waals surface area (Å²) in [6.45, 7) is 6.68. The van der Waals surface area contributed by atoms with E-state index in [0.717, 1.165) is 23.8 Å². The monoisotopic (exact) mass is 261 g/mol. The predicted octanol–water partition coefficient (Wildman–Crippen LogP) is 2.94. The van der Waals surface area contributed by atoms with Crippen LogP contribution in [0.3, 0.4) is 0 Å². The van der Waals surface area contributed by atoms with Gasteiger partial charge < -0.3 is 15.5 Å². The molecule has 0 aliphatic rings.